The van der Waals surface area contributed by atoms with Gasteiger partial charge in [0.1, 0.15) is 0 Å². The molecular weight excluding hydrogens is 124 g/mol. The van der Waals surface area contributed by atoms with E-state index in [2.05, 4.69) is 19.9 Å². The summed E-state index contributed by atoms with van der Waals surface area (Å²) < 4.78 is 0. The minimum atomic E-state index is -0.251. The van der Waals surface area contributed by atoms with Gasteiger partial charge in [0, 0.05) is 0 Å². The van der Waals surface area contributed by atoms with Crippen molar-refractivity contribution in [2.75, 3.05) is 0 Å². The summed E-state index contributed by atoms with van der Waals surface area (Å²) in [6.07, 6.45) is 5.67. The summed E-state index contributed by atoms with van der Waals surface area (Å²) >= 11 is 0. The zero-order valence-corrected chi connectivity index (χ0v) is 6.59. The molecule has 10 heavy (non-hydrogen) atoms. The van der Waals surface area contributed by atoms with Crippen LogP contribution in [0.1, 0.15) is 26.7 Å². The third-order valence-electron chi connectivity index (χ3n) is 1.78. The van der Waals surface area contributed by atoms with Crippen LogP contribution in [0.3, 0.4) is 0 Å². The van der Waals surface area contributed by atoms with Crippen molar-refractivity contribution in [1.82, 2.24) is 0 Å². The van der Waals surface area contributed by atoms with E-state index in [0.29, 0.717) is 0 Å². The van der Waals surface area contributed by atoms with Gasteiger partial charge in [-0.1, -0.05) is 23.3 Å². The first-order chi connectivity index (χ1) is 4.68. The number of hydrogen-bond acceptors (Lipinski definition) is 1. The van der Waals surface area contributed by atoms with Crippen molar-refractivity contribution in [2.45, 2.75) is 32.8 Å². The molecule has 0 radical (unpaired) electrons. The second kappa shape index (κ2) is 3.02. The molecule has 0 fully saturated rings. The molecule has 0 aromatic rings. The number of aliphatic hydroxyl groups excluding tert-OH is 1. The van der Waals surface area contributed by atoms with Crippen LogP contribution >= 0.6 is 0 Å². The molecule has 1 atom stereocenters. The highest BCUT2D eigenvalue weighted by molar-refractivity contribution is 5.16. The number of allylic oxidation sites excluding steroid dienone is 2. The van der Waals surface area contributed by atoms with Crippen molar-refractivity contribution >= 4 is 0 Å². The highest BCUT2D eigenvalue weighted by Crippen LogP contribution is 2.16. The molecule has 0 amide bonds. The van der Waals surface area contributed by atoms with Crippen LogP contribution in [0.4, 0.5) is 0 Å². The maximum Gasteiger partial charge on any atom is 0.0760 e. The summed E-state index contributed by atoms with van der Waals surface area (Å²) in [4.78, 5) is 0. The summed E-state index contributed by atoms with van der Waals surface area (Å²) in [6, 6.07) is 0. The van der Waals surface area contributed by atoms with Crippen LogP contribution in [-0.2, 0) is 0 Å². The highest BCUT2D eigenvalue weighted by Gasteiger charge is 2.05. The van der Waals surface area contributed by atoms with Crippen molar-refractivity contribution in [1.29, 1.82) is 0 Å². The number of rotatable bonds is 0. The fourth-order valence-corrected chi connectivity index (χ4v) is 1.20. The first-order valence-electron chi connectivity index (χ1n) is 3.69. The Bertz CT molecular complexity index is 177. The summed E-state index contributed by atoms with van der Waals surface area (Å²) in [5.74, 6) is 0. The second-order valence-corrected chi connectivity index (χ2v) is 3.04. The average molecular weight is 138 g/mol. The first-order valence-corrected chi connectivity index (χ1v) is 3.69. The molecule has 1 heteroatoms. The Labute approximate surface area is 62.1 Å². The Kier molecular flexibility index (Phi) is 2.28. The normalized spacial score (nSPS) is 26.9. The molecule has 1 unspecified atom stereocenters. The molecule has 56 valence electrons. The van der Waals surface area contributed by atoms with Crippen molar-refractivity contribution in [3.63, 3.8) is 0 Å². The van der Waals surface area contributed by atoms with Crippen molar-refractivity contribution in [3.05, 3.63) is 23.3 Å². The van der Waals surface area contributed by atoms with E-state index >= 15 is 0 Å². The average Bonchev–Trinajstić information content (AvgIpc) is 1.93. The lowest BCUT2D eigenvalue weighted by Gasteiger charge is -2.02. The van der Waals surface area contributed by atoms with Gasteiger partial charge in [-0.25, -0.2) is 0 Å². The van der Waals surface area contributed by atoms with E-state index in [1.54, 1.807) is 0 Å². The molecule has 0 aliphatic heterocycles. The Morgan fingerprint density at radius 1 is 1.40 bits per heavy atom. The van der Waals surface area contributed by atoms with Gasteiger partial charge in [0.05, 0.1) is 6.10 Å². The van der Waals surface area contributed by atoms with Crippen molar-refractivity contribution in [3.8, 4) is 0 Å². The largest absolute Gasteiger partial charge is 0.389 e. The summed E-state index contributed by atoms with van der Waals surface area (Å²) in [5, 5.41) is 9.31. The molecule has 0 aromatic carbocycles. The van der Waals surface area contributed by atoms with Gasteiger partial charge in [0.25, 0.3) is 0 Å². The Morgan fingerprint density at radius 2 is 2.10 bits per heavy atom. The van der Waals surface area contributed by atoms with E-state index < -0.39 is 0 Å². The van der Waals surface area contributed by atoms with Gasteiger partial charge in [-0.05, 0) is 26.7 Å². The molecule has 1 N–H and O–H groups in total. The summed E-state index contributed by atoms with van der Waals surface area (Å²) in [7, 11) is 0. The smallest absolute Gasteiger partial charge is 0.0760 e. The summed E-state index contributed by atoms with van der Waals surface area (Å²) in [5.41, 5.74) is 2.56. The van der Waals surface area contributed by atoms with Crippen LogP contribution in [0.2, 0.25) is 0 Å². The van der Waals surface area contributed by atoms with Crippen LogP contribution in [0.25, 0.3) is 0 Å². The Hall–Kier alpha value is -0.560. The van der Waals surface area contributed by atoms with Crippen LogP contribution < -0.4 is 0 Å². The Balaban J connectivity index is 2.69. The zero-order valence-electron chi connectivity index (χ0n) is 6.59. The SMILES string of the molecule is CC1=CC(O)CC(C)=CC1. The van der Waals surface area contributed by atoms with Crippen LogP contribution in [0, 0.1) is 0 Å². The Morgan fingerprint density at radius 3 is 2.80 bits per heavy atom. The van der Waals surface area contributed by atoms with Crippen LogP contribution in [0.5, 0.6) is 0 Å². The van der Waals surface area contributed by atoms with Gasteiger partial charge < -0.3 is 5.11 Å². The molecule has 0 spiro atoms. The standard InChI is InChI=1S/C9H14O/c1-7-3-4-8(2)6-9(10)5-7/h3,6,9-10H,4-5H2,1-2H3. The van der Waals surface area contributed by atoms with Gasteiger partial charge in [-0.3, -0.25) is 0 Å². The molecule has 0 bridgehead atoms. The lowest BCUT2D eigenvalue weighted by Crippen LogP contribution is -2.01. The summed E-state index contributed by atoms with van der Waals surface area (Å²) in [6.45, 7) is 4.12. The number of aliphatic hydroxyl groups is 1. The van der Waals surface area contributed by atoms with Gasteiger partial charge in [0.15, 0.2) is 0 Å². The predicted molar refractivity (Wildman–Crippen MR) is 42.8 cm³/mol. The van der Waals surface area contributed by atoms with E-state index in [-0.39, 0.29) is 6.10 Å². The molecule has 0 heterocycles. The fourth-order valence-electron chi connectivity index (χ4n) is 1.20. The molecule has 0 saturated carbocycles. The molecule has 1 rings (SSSR count). The predicted octanol–water partition coefficient (Wildman–Crippen LogP) is 2.03. The van der Waals surface area contributed by atoms with Crippen LogP contribution in [-0.4, -0.2) is 11.2 Å². The highest BCUT2D eigenvalue weighted by atomic mass is 16.3. The third kappa shape index (κ3) is 1.99. The molecule has 0 saturated heterocycles. The number of hydrogen-bond donors (Lipinski definition) is 1. The van der Waals surface area contributed by atoms with Crippen molar-refractivity contribution in [2.24, 2.45) is 0 Å². The first kappa shape index (κ1) is 7.55. The molecule has 1 aliphatic carbocycles. The molecule has 1 nitrogen and oxygen atoms in total. The van der Waals surface area contributed by atoms with Gasteiger partial charge in [0.2, 0.25) is 0 Å². The maximum absolute atomic E-state index is 9.31. The van der Waals surface area contributed by atoms with Gasteiger partial charge >= 0.3 is 0 Å². The molecule has 0 aromatic heterocycles. The van der Waals surface area contributed by atoms with Gasteiger partial charge in [-0.15, -0.1) is 0 Å². The minimum absolute atomic E-state index is 0.251. The maximum atomic E-state index is 9.31. The quantitative estimate of drug-likeness (QED) is 0.508. The topological polar surface area (TPSA) is 20.2 Å². The molecule has 1 aliphatic rings. The van der Waals surface area contributed by atoms with Crippen LogP contribution in [0.15, 0.2) is 23.3 Å². The van der Waals surface area contributed by atoms with Gasteiger partial charge in [-0.2, -0.15) is 0 Å². The van der Waals surface area contributed by atoms with E-state index in [1.165, 1.54) is 11.1 Å². The lowest BCUT2D eigenvalue weighted by molar-refractivity contribution is 0.223. The zero-order chi connectivity index (χ0) is 7.56. The third-order valence-corrected chi connectivity index (χ3v) is 1.78. The molecular formula is C9H14O. The lowest BCUT2D eigenvalue weighted by atomic mass is 10.1. The van der Waals surface area contributed by atoms with E-state index in [0.717, 1.165) is 12.8 Å². The van der Waals surface area contributed by atoms with E-state index in [1.807, 2.05) is 6.08 Å². The minimum Gasteiger partial charge on any atom is -0.389 e. The monoisotopic (exact) mass is 138 g/mol. The fraction of sp³-hybridized carbons (Fsp3) is 0.556. The van der Waals surface area contributed by atoms with E-state index in [4.69, 9.17) is 0 Å². The van der Waals surface area contributed by atoms with Crippen molar-refractivity contribution < 1.29 is 5.11 Å². The second-order valence-electron chi connectivity index (χ2n) is 3.04. The van der Waals surface area contributed by atoms with E-state index in [9.17, 15) is 5.11 Å².